The third kappa shape index (κ3) is 4.32. The maximum atomic E-state index is 11.0. The lowest BCUT2D eigenvalue weighted by molar-refractivity contribution is -0.118. The molecule has 2 aromatic heterocycles. The Morgan fingerprint density at radius 3 is 3.04 bits per heavy atom. The summed E-state index contributed by atoms with van der Waals surface area (Å²) in [4.78, 5) is 27.0. The van der Waals surface area contributed by atoms with Crippen LogP contribution in [0.3, 0.4) is 0 Å². The van der Waals surface area contributed by atoms with Gasteiger partial charge in [0.1, 0.15) is 30.6 Å². The summed E-state index contributed by atoms with van der Waals surface area (Å²) in [5, 5.41) is 7.51. The largest absolute Gasteiger partial charge is 0.438 e. The Morgan fingerprint density at radius 2 is 2.26 bits per heavy atom. The molecule has 0 spiro atoms. The van der Waals surface area contributed by atoms with Gasteiger partial charge in [-0.15, -0.1) is 0 Å². The van der Waals surface area contributed by atoms with E-state index in [1.165, 1.54) is 26.6 Å². The number of aromatic amines is 1. The molecule has 1 aromatic carbocycles. The van der Waals surface area contributed by atoms with E-state index in [0.717, 1.165) is 16.5 Å². The van der Waals surface area contributed by atoms with Gasteiger partial charge in [-0.05, 0) is 30.2 Å². The zero-order valence-electron chi connectivity index (χ0n) is 15.0. The quantitative estimate of drug-likeness (QED) is 0.432. The van der Waals surface area contributed by atoms with Crippen LogP contribution in [-0.4, -0.2) is 40.7 Å². The summed E-state index contributed by atoms with van der Waals surface area (Å²) in [7, 11) is 1.43. The molecule has 0 saturated carbocycles. The molecular weight excluding hydrogens is 348 g/mol. The first-order valence-corrected chi connectivity index (χ1v) is 8.27. The smallest absolute Gasteiger partial charge is 0.233 e. The van der Waals surface area contributed by atoms with Gasteiger partial charge in [-0.3, -0.25) is 4.79 Å². The number of oxime groups is 1. The van der Waals surface area contributed by atoms with Crippen molar-refractivity contribution in [1.82, 2.24) is 20.3 Å². The molecule has 1 amide bonds. The molecule has 140 valence electrons. The monoisotopic (exact) mass is 368 g/mol. The van der Waals surface area contributed by atoms with Crippen LogP contribution in [0.2, 0.25) is 0 Å². The van der Waals surface area contributed by atoms with Crippen molar-refractivity contribution in [2.24, 2.45) is 5.16 Å². The molecule has 4 N–H and O–H groups in total. The number of nitrogen functional groups attached to an aromatic ring is 1. The number of fused-ring (bicyclic) bond motifs is 1. The normalized spacial score (nSPS) is 11.0. The third-order valence-electron chi connectivity index (χ3n) is 3.89. The first-order chi connectivity index (χ1) is 13.1. The fourth-order valence-corrected chi connectivity index (χ4v) is 2.61. The Balaban J connectivity index is 1.87. The minimum Gasteiger partial charge on any atom is -0.438 e. The first-order valence-electron chi connectivity index (χ1n) is 8.27. The number of benzene rings is 1. The molecule has 9 nitrogen and oxygen atoms in total. The number of amides is 1. The van der Waals surface area contributed by atoms with Gasteiger partial charge < -0.3 is 25.6 Å². The number of nitrogens with two attached hydrogens (primary N) is 1. The standard InChI is InChI=1S/C18H20N6O3/c1-11(25)20-6-5-12-8-21-16-4-3-13(7-14(12)16)27-18-15(9-24-26-2)17(19)22-10-23-18/h3-4,7-10,21H,5-6H2,1-2H3,(H,20,25)(H2,19,22,23)/b24-9+. The van der Waals surface area contributed by atoms with E-state index in [9.17, 15) is 4.79 Å². The van der Waals surface area contributed by atoms with Crippen molar-refractivity contribution < 1.29 is 14.4 Å². The van der Waals surface area contributed by atoms with Crippen LogP contribution in [0.1, 0.15) is 18.1 Å². The van der Waals surface area contributed by atoms with Crippen LogP contribution in [-0.2, 0) is 16.1 Å². The summed E-state index contributed by atoms with van der Waals surface area (Å²) in [6.07, 6.45) is 5.35. The van der Waals surface area contributed by atoms with Crippen LogP contribution in [0.25, 0.3) is 10.9 Å². The van der Waals surface area contributed by atoms with Gasteiger partial charge in [0, 0.05) is 30.6 Å². The minimum absolute atomic E-state index is 0.0505. The number of hydrogen-bond acceptors (Lipinski definition) is 7. The number of hydrogen-bond donors (Lipinski definition) is 3. The van der Waals surface area contributed by atoms with Crippen molar-refractivity contribution in [2.75, 3.05) is 19.4 Å². The molecule has 0 aliphatic carbocycles. The molecule has 0 saturated heterocycles. The molecule has 27 heavy (non-hydrogen) atoms. The van der Waals surface area contributed by atoms with Crippen molar-refractivity contribution in [3.05, 3.63) is 41.9 Å². The lowest BCUT2D eigenvalue weighted by Gasteiger charge is -2.09. The van der Waals surface area contributed by atoms with E-state index < -0.39 is 0 Å². The molecule has 0 aliphatic rings. The minimum atomic E-state index is -0.0505. The van der Waals surface area contributed by atoms with Gasteiger partial charge in [-0.2, -0.15) is 0 Å². The van der Waals surface area contributed by atoms with Gasteiger partial charge in [0.2, 0.25) is 11.8 Å². The molecule has 3 rings (SSSR count). The van der Waals surface area contributed by atoms with E-state index in [4.69, 9.17) is 15.3 Å². The molecule has 2 heterocycles. The lowest BCUT2D eigenvalue weighted by atomic mass is 10.1. The van der Waals surface area contributed by atoms with Crippen LogP contribution in [0.15, 0.2) is 35.9 Å². The summed E-state index contributed by atoms with van der Waals surface area (Å²) >= 11 is 0. The van der Waals surface area contributed by atoms with Crippen LogP contribution in [0.4, 0.5) is 5.82 Å². The SMILES string of the molecule is CO/N=C/c1c(N)ncnc1Oc1ccc2[nH]cc(CCNC(C)=O)c2c1. The predicted molar refractivity (Wildman–Crippen MR) is 102 cm³/mol. The van der Waals surface area contributed by atoms with Gasteiger partial charge >= 0.3 is 0 Å². The average molecular weight is 368 g/mol. The summed E-state index contributed by atoms with van der Waals surface area (Å²) in [5.41, 5.74) is 8.36. The topological polar surface area (TPSA) is 128 Å². The lowest BCUT2D eigenvalue weighted by Crippen LogP contribution is -2.22. The molecule has 0 radical (unpaired) electrons. The molecule has 0 unspecified atom stereocenters. The van der Waals surface area contributed by atoms with Crippen molar-refractivity contribution in [1.29, 1.82) is 0 Å². The highest BCUT2D eigenvalue weighted by Crippen LogP contribution is 2.29. The molecule has 3 aromatic rings. The van der Waals surface area contributed by atoms with Crippen LogP contribution in [0.5, 0.6) is 11.6 Å². The Bertz CT molecular complexity index is 982. The average Bonchev–Trinajstić information content (AvgIpc) is 3.03. The number of rotatable bonds is 7. The maximum Gasteiger partial charge on any atom is 0.233 e. The van der Waals surface area contributed by atoms with Crippen molar-refractivity contribution in [3.63, 3.8) is 0 Å². The Hall–Kier alpha value is -3.62. The van der Waals surface area contributed by atoms with E-state index in [1.54, 1.807) is 0 Å². The van der Waals surface area contributed by atoms with E-state index in [1.807, 2.05) is 24.4 Å². The number of ether oxygens (including phenoxy) is 1. The fourth-order valence-electron chi connectivity index (χ4n) is 2.61. The van der Waals surface area contributed by atoms with E-state index in [0.29, 0.717) is 24.3 Å². The van der Waals surface area contributed by atoms with Crippen LogP contribution in [0, 0.1) is 0 Å². The van der Waals surface area contributed by atoms with Gasteiger partial charge in [0.05, 0.1) is 6.21 Å². The number of H-pyrrole nitrogens is 1. The molecule has 0 atom stereocenters. The van der Waals surface area contributed by atoms with E-state index >= 15 is 0 Å². The number of carbonyl (C=O) groups is 1. The van der Waals surface area contributed by atoms with Crippen molar-refractivity contribution >= 4 is 28.8 Å². The first kappa shape index (κ1) is 18.2. The number of aromatic nitrogens is 3. The van der Waals surface area contributed by atoms with Crippen LogP contribution < -0.4 is 15.8 Å². The van der Waals surface area contributed by atoms with E-state index in [-0.39, 0.29) is 17.6 Å². The maximum absolute atomic E-state index is 11.0. The summed E-state index contributed by atoms with van der Waals surface area (Å²) in [5.74, 6) is 1.05. The molecule has 9 heteroatoms. The van der Waals surface area contributed by atoms with E-state index in [2.05, 4.69) is 25.4 Å². The van der Waals surface area contributed by atoms with Gasteiger partial charge in [-0.25, -0.2) is 9.97 Å². The summed E-state index contributed by atoms with van der Waals surface area (Å²) in [6, 6.07) is 5.65. The zero-order valence-corrected chi connectivity index (χ0v) is 15.0. The third-order valence-corrected chi connectivity index (χ3v) is 3.89. The highest BCUT2D eigenvalue weighted by atomic mass is 16.6. The second-order valence-corrected chi connectivity index (χ2v) is 5.75. The fraction of sp³-hybridized carbons (Fsp3) is 0.222. The molecule has 0 bridgehead atoms. The van der Waals surface area contributed by atoms with Gasteiger partial charge in [0.15, 0.2) is 0 Å². The van der Waals surface area contributed by atoms with Crippen molar-refractivity contribution in [3.8, 4) is 11.6 Å². The predicted octanol–water partition coefficient (Wildman–Crippen LogP) is 1.99. The van der Waals surface area contributed by atoms with Gasteiger partial charge in [0.25, 0.3) is 0 Å². The summed E-state index contributed by atoms with van der Waals surface area (Å²) < 4.78 is 5.90. The molecule has 0 fully saturated rings. The number of nitrogens with one attached hydrogen (secondary N) is 2. The Kier molecular flexibility index (Phi) is 5.50. The van der Waals surface area contributed by atoms with Gasteiger partial charge in [-0.1, -0.05) is 5.16 Å². The second kappa shape index (κ2) is 8.17. The second-order valence-electron chi connectivity index (χ2n) is 5.75. The number of nitrogens with zero attached hydrogens (tertiary/aromatic N) is 3. The highest BCUT2D eigenvalue weighted by Gasteiger charge is 2.12. The Morgan fingerprint density at radius 1 is 1.41 bits per heavy atom. The number of anilines is 1. The highest BCUT2D eigenvalue weighted by molar-refractivity contribution is 5.88. The Labute approximate surface area is 155 Å². The molecule has 0 aliphatic heterocycles. The zero-order chi connectivity index (χ0) is 19.2. The summed E-state index contributed by atoms with van der Waals surface area (Å²) in [6.45, 7) is 2.06. The van der Waals surface area contributed by atoms with Crippen molar-refractivity contribution in [2.45, 2.75) is 13.3 Å². The van der Waals surface area contributed by atoms with Crippen LogP contribution >= 0.6 is 0 Å². The number of carbonyl (C=O) groups excluding carboxylic acids is 1. The molecular formula is C18H20N6O3.